The summed E-state index contributed by atoms with van der Waals surface area (Å²) in [5, 5.41) is 0. The van der Waals surface area contributed by atoms with Crippen LogP contribution in [-0.2, 0) is 0 Å². The van der Waals surface area contributed by atoms with Gasteiger partial charge in [0.1, 0.15) is 5.52 Å². The summed E-state index contributed by atoms with van der Waals surface area (Å²) in [6, 6.07) is 10.9. The molecule has 1 saturated heterocycles. The second-order valence-electron chi connectivity index (χ2n) is 7.05. The maximum absolute atomic E-state index is 11.2. The number of anilines is 3. The molecule has 1 aromatic carbocycles. The third kappa shape index (κ3) is 3.17. The molecule has 0 unspecified atom stereocenters. The Morgan fingerprint density at radius 3 is 2.40 bits per heavy atom. The van der Waals surface area contributed by atoms with E-state index in [2.05, 4.69) is 29.7 Å². The first-order chi connectivity index (χ1) is 14.6. The van der Waals surface area contributed by atoms with Crippen molar-refractivity contribution in [2.75, 3.05) is 41.7 Å². The molecular formula is C20H20N8O2. The fraction of sp³-hybridized carbons (Fsp3) is 0.200. The van der Waals surface area contributed by atoms with Crippen molar-refractivity contribution in [1.29, 1.82) is 0 Å². The number of nitrogen functional groups attached to an aromatic ring is 1. The van der Waals surface area contributed by atoms with E-state index >= 15 is 0 Å². The highest BCUT2D eigenvalue weighted by Gasteiger charge is 2.22. The number of aromatic nitrogens is 4. The summed E-state index contributed by atoms with van der Waals surface area (Å²) >= 11 is 0. The smallest absolute Gasteiger partial charge is 0.248 e. The molecule has 0 bridgehead atoms. The molecule has 0 saturated carbocycles. The Labute approximate surface area is 171 Å². The van der Waals surface area contributed by atoms with E-state index in [-0.39, 0.29) is 0 Å². The van der Waals surface area contributed by atoms with Gasteiger partial charge >= 0.3 is 0 Å². The Hall–Kier alpha value is -4.08. The number of furan rings is 1. The van der Waals surface area contributed by atoms with Crippen LogP contribution < -0.4 is 21.3 Å². The Balaban J connectivity index is 1.33. The lowest BCUT2D eigenvalue weighted by Crippen LogP contribution is -2.47. The summed E-state index contributed by atoms with van der Waals surface area (Å²) in [6.07, 6.45) is 1.57. The van der Waals surface area contributed by atoms with Gasteiger partial charge in [-0.1, -0.05) is 0 Å². The third-order valence-corrected chi connectivity index (χ3v) is 5.20. The molecule has 1 fully saturated rings. The van der Waals surface area contributed by atoms with Gasteiger partial charge in [0, 0.05) is 37.4 Å². The summed E-state index contributed by atoms with van der Waals surface area (Å²) in [7, 11) is 0. The normalized spacial score (nSPS) is 14.4. The molecule has 4 aromatic rings. The highest BCUT2D eigenvalue weighted by molar-refractivity contribution is 5.93. The topological polar surface area (TPSA) is 143 Å². The van der Waals surface area contributed by atoms with Crippen LogP contribution >= 0.6 is 0 Å². The van der Waals surface area contributed by atoms with Gasteiger partial charge in [0.25, 0.3) is 0 Å². The number of primary amides is 1. The first-order valence-electron chi connectivity index (χ1n) is 9.55. The van der Waals surface area contributed by atoms with Gasteiger partial charge in [-0.2, -0.15) is 4.98 Å². The lowest BCUT2D eigenvalue weighted by molar-refractivity contribution is 0.100. The largest absolute Gasteiger partial charge is 0.461 e. The average molecular weight is 404 g/mol. The van der Waals surface area contributed by atoms with Crippen molar-refractivity contribution in [2.45, 2.75) is 0 Å². The number of piperazine rings is 1. The van der Waals surface area contributed by atoms with Crippen molar-refractivity contribution in [1.82, 2.24) is 19.9 Å². The molecule has 3 aromatic heterocycles. The highest BCUT2D eigenvalue weighted by Crippen LogP contribution is 2.25. The molecule has 4 heterocycles. The number of carbonyl (C=O) groups excluding carboxylic acids is 1. The van der Waals surface area contributed by atoms with Gasteiger partial charge in [0.2, 0.25) is 11.9 Å². The van der Waals surface area contributed by atoms with Gasteiger partial charge in [-0.3, -0.25) is 4.79 Å². The van der Waals surface area contributed by atoms with Crippen molar-refractivity contribution < 1.29 is 9.21 Å². The molecule has 1 amide bonds. The molecule has 30 heavy (non-hydrogen) atoms. The van der Waals surface area contributed by atoms with E-state index < -0.39 is 5.91 Å². The SMILES string of the molecule is NC(=O)c1ccc(N2CCN(c3nc4nc(-c5ccco5)nc(N)c4[nH]3)CC2)cc1. The van der Waals surface area contributed by atoms with Gasteiger partial charge in [-0.05, 0) is 36.4 Å². The van der Waals surface area contributed by atoms with Crippen LogP contribution in [-0.4, -0.2) is 52.0 Å². The lowest BCUT2D eigenvalue weighted by atomic mass is 10.1. The van der Waals surface area contributed by atoms with Crippen LogP contribution in [0.15, 0.2) is 47.1 Å². The first-order valence-corrected chi connectivity index (χ1v) is 9.55. The summed E-state index contributed by atoms with van der Waals surface area (Å²) in [4.78, 5) is 32.3. The molecule has 0 aliphatic carbocycles. The number of imidazole rings is 1. The maximum Gasteiger partial charge on any atom is 0.248 e. The highest BCUT2D eigenvalue weighted by atomic mass is 16.3. The van der Waals surface area contributed by atoms with E-state index in [9.17, 15) is 4.79 Å². The van der Waals surface area contributed by atoms with Crippen molar-refractivity contribution in [3.63, 3.8) is 0 Å². The minimum atomic E-state index is -0.422. The molecule has 0 spiro atoms. The third-order valence-electron chi connectivity index (χ3n) is 5.20. The Morgan fingerprint density at radius 2 is 1.73 bits per heavy atom. The van der Waals surface area contributed by atoms with E-state index in [4.69, 9.17) is 15.9 Å². The molecule has 10 heteroatoms. The fourth-order valence-corrected chi connectivity index (χ4v) is 3.59. The molecule has 5 rings (SSSR count). The van der Waals surface area contributed by atoms with E-state index in [1.54, 1.807) is 30.5 Å². The van der Waals surface area contributed by atoms with Crippen LogP contribution in [0.4, 0.5) is 17.5 Å². The number of carbonyl (C=O) groups is 1. The minimum absolute atomic E-state index is 0.332. The molecule has 0 atom stereocenters. The van der Waals surface area contributed by atoms with Crippen LogP contribution in [0.25, 0.3) is 22.7 Å². The molecule has 1 aliphatic heterocycles. The number of hydrogen-bond acceptors (Lipinski definition) is 8. The van der Waals surface area contributed by atoms with Gasteiger partial charge in [0.05, 0.1) is 6.26 Å². The van der Waals surface area contributed by atoms with E-state index in [0.717, 1.165) is 31.9 Å². The average Bonchev–Trinajstić information content (AvgIpc) is 3.44. The summed E-state index contributed by atoms with van der Waals surface area (Å²) in [5.41, 5.74) is 14.1. The number of nitrogens with zero attached hydrogens (tertiary/aromatic N) is 5. The first kappa shape index (κ1) is 18.0. The van der Waals surface area contributed by atoms with Crippen molar-refractivity contribution in [3.05, 3.63) is 48.2 Å². The number of benzene rings is 1. The number of nitrogens with two attached hydrogens (primary N) is 2. The summed E-state index contributed by atoms with van der Waals surface area (Å²) in [6.45, 7) is 3.17. The van der Waals surface area contributed by atoms with Crippen molar-refractivity contribution in [3.8, 4) is 11.6 Å². The molecule has 10 nitrogen and oxygen atoms in total. The van der Waals surface area contributed by atoms with Crippen LogP contribution in [0.1, 0.15) is 10.4 Å². The molecular weight excluding hydrogens is 384 g/mol. The van der Waals surface area contributed by atoms with Crippen molar-refractivity contribution >= 4 is 34.5 Å². The van der Waals surface area contributed by atoms with E-state index in [1.165, 1.54) is 0 Å². The number of rotatable bonds is 4. The van der Waals surface area contributed by atoms with Crippen molar-refractivity contribution in [2.24, 2.45) is 5.73 Å². The molecule has 152 valence electrons. The monoisotopic (exact) mass is 404 g/mol. The molecule has 1 aliphatic rings. The molecule has 0 radical (unpaired) electrons. The predicted molar refractivity (Wildman–Crippen MR) is 113 cm³/mol. The molecule has 5 N–H and O–H groups in total. The van der Waals surface area contributed by atoms with E-state index in [1.807, 2.05) is 12.1 Å². The number of amides is 1. The number of hydrogen-bond donors (Lipinski definition) is 3. The minimum Gasteiger partial charge on any atom is -0.461 e. The van der Waals surface area contributed by atoms with Gasteiger partial charge in [0.15, 0.2) is 23.0 Å². The fourth-order valence-electron chi connectivity index (χ4n) is 3.59. The standard InChI is InChI=1S/C20H20N8O2/c21-16-15-19(25-18(24-16)14-2-1-11-30-14)26-20(23-15)28-9-7-27(8-10-28)13-5-3-12(4-6-13)17(22)29/h1-6,11H,7-10H2,(H2,22,29)(H3,21,23,24,25,26). The van der Waals surface area contributed by atoms with Gasteiger partial charge in [-0.25, -0.2) is 9.97 Å². The summed E-state index contributed by atoms with van der Waals surface area (Å²) in [5.74, 6) is 1.58. The number of nitrogens with one attached hydrogen (secondary N) is 1. The van der Waals surface area contributed by atoms with Crippen LogP contribution in [0.3, 0.4) is 0 Å². The van der Waals surface area contributed by atoms with Crippen LogP contribution in [0, 0.1) is 0 Å². The van der Waals surface area contributed by atoms with E-state index in [0.29, 0.717) is 40.1 Å². The zero-order valence-electron chi connectivity index (χ0n) is 16.1. The number of aromatic amines is 1. The van der Waals surface area contributed by atoms with Crippen LogP contribution in [0.5, 0.6) is 0 Å². The number of H-pyrrole nitrogens is 1. The predicted octanol–water partition coefficient (Wildman–Crippen LogP) is 1.62. The summed E-state index contributed by atoms with van der Waals surface area (Å²) < 4.78 is 5.36. The zero-order valence-corrected chi connectivity index (χ0v) is 16.1. The van der Waals surface area contributed by atoms with Crippen LogP contribution in [0.2, 0.25) is 0 Å². The lowest BCUT2D eigenvalue weighted by Gasteiger charge is -2.36. The maximum atomic E-state index is 11.2. The second-order valence-corrected chi connectivity index (χ2v) is 7.05. The second kappa shape index (κ2) is 7.07. The zero-order chi connectivity index (χ0) is 20.7. The van der Waals surface area contributed by atoms with Gasteiger partial charge < -0.3 is 30.7 Å². The Bertz CT molecular complexity index is 1190. The number of fused-ring (bicyclic) bond motifs is 1. The van der Waals surface area contributed by atoms with Gasteiger partial charge in [-0.15, -0.1) is 0 Å². The quantitative estimate of drug-likeness (QED) is 0.465. The Kier molecular flexibility index (Phi) is 4.24. The Morgan fingerprint density at radius 1 is 1.00 bits per heavy atom.